The Kier molecular flexibility index (Phi) is 21.4. The summed E-state index contributed by atoms with van der Waals surface area (Å²) in [6.45, 7) is 24.6. The van der Waals surface area contributed by atoms with Crippen molar-refractivity contribution in [2.75, 3.05) is 34.9 Å². The van der Waals surface area contributed by atoms with Crippen molar-refractivity contribution in [1.82, 2.24) is 4.90 Å². The summed E-state index contributed by atoms with van der Waals surface area (Å²) in [4.78, 5) is 30.1. The van der Waals surface area contributed by atoms with Crippen LogP contribution in [0.1, 0.15) is 94.9 Å². The molecular weight excluding hydrogens is 817 g/mol. The van der Waals surface area contributed by atoms with Gasteiger partial charge in [0.15, 0.2) is 12.6 Å². The molecule has 0 aromatic rings. The number of hydrogen-bond donors (Lipinski definition) is 5. The molecule has 0 aliphatic carbocycles. The molecule has 0 aromatic heterocycles. The minimum absolute atomic E-state index is 0. The molecular formula is C41H76N2O13Y-2. The first-order valence-electron chi connectivity index (χ1n) is 20.0. The molecule has 3 fully saturated rings. The zero-order chi connectivity index (χ0) is 43.3. The number of Topliss-reactive ketones (excluding diaryl/α,β-unsaturated/α-hetero) is 1. The molecule has 18 atom stereocenters. The fourth-order valence-corrected chi connectivity index (χ4v) is 8.64. The third-order valence-corrected chi connectivity index (χ3v) is 12.7. The number of cyclic esters (lactones) is 1. The van der Waals surface area contributed by atoms with Crippen LogP contribution in [0, 0.1) is 37.5 Å². The van der Waals surface area contributed by atoms with Gasteiger partial charge in [-0.05, 0) is 80.5 Å². The third kappa shape index (κ3) is 12.2. The summed E-state index contributed by atoms with van der Waals surface area (Å²) in [5, 5.41) is 46.0. The van der Waals surface area contributed by atoms with Gasteiger partial charge in [-0.15, -0.1) is 6.54 Å². The molecule has 6 N–H and O–H groups in total. The van der Waals surface area contributed by atoms with Gasteiger partial charge in [0.2, 0.25) is 0 Å². The molecule has 1 radical (unpaired) electrons. The predicted molar refractivity (Wildman–Crippen MR) is 210 cm³/mol. The van der Waals surface area contributed by atoms with Gasteiger partial charge in [0.25, 0.3) is 0 Å². The number of rotatable bonds is 8. The minimum Gasteiger partial charge on any atom is -0.459 e. The van der Waals surface area contributed by atoms with E-state index in [9.17, 15) is 30.0 Å². The Bertz CT molecular complexity index is 1260. The van der Waals surface area contributed by atoms with E-state index < -0.39 is 101 Å². The topological polar surface area (TPSA) is 209 Å². The van der Waals surface area contributed by atoms with Crippen LogP contribution in [0.4, 0.5) is 0 Å². The molecule has 0 spiro atoms. The Morgan fingerprint density at radius 2 is 1.49 bits per heavy atom. The van der Waals surface area contributed by atoms with Crippen molar-refractivity contribution >= 4 is 11.8 Å². The summed E-state index contributed by atoms with van der Waals surface area (Å²) in [5.74, 6) is -4.56. The number of hydrogen-bond acceptors (Lipinski definition) is 15. The molecule has 0 unspecified atom stereocenters. The summed E-state index contributed by atoms with van der Waals surface area (Å²) in [6, 6.07) is -0.292. The van der Waals surface area contributed by atoms with Gasteiger partial charge in [0, 0.05) is 77.1 Å². The molecule has 57 heavy (non-hydrogen) atoms. The van der Waals surface area contributed by atoms with Crippen LogP contribution in [0.5, 0.6) is 0 Å². The largest absolute Gasteiger partial charge is 0.459 e. The number of nitrogens with zero attached hydrogens (tertiary/aromatic N) is 1. The molecule has 3 rings (SSSR count). The zero-order valence-electron chi connectivity index (χ0n) is 37.1. The van der Waals surface area contributed by atoms with Gasteiger partial charge >= 0.3 is 5.97 Å². The van der Waals surface area contributed by atoms with Crippen molar-refractivity contribution in [3.8, 4) is 0 Å². The average Bonchev–Trinajstić information content (AvgIpc) is 3.13. The number of nitrogens with two attached hydrogens (primary N) is 1. The van der Waals surface area contributed by atoms with E-state index in [0.717, 1.165) is 0 Å². The molecule has 0 aromatic carbocycles. The molecule has 3 aliphatic heterocycles. The molecule has 16 heteroatoms. The van der Waals surface area contributed by atoms with E-state index in [1.54, 1.807) is 48.5 Å². The van der Waals surface area contributed by atoms with E-state index in [1.807, 2.05) is 32.8 Å². The van der Waals surface area contributed by atoms with Crippen LogP contribution in [-0.4, -0.2) is 156 Å². The van der Waals surface area contributed by atoms with Crippen LogP contribution in [0.25, 0.3) is 0 Å². The van der Waals surface area contributed by atoms with Crippen LogP contribution in [-0.2, 0) is 75.5 Å². The molecule has 0 amide bonds. The Labute approximate surface area is 367 Å². The fourth-order valence-electron chi connectivity index (χ4n) is 8.64. The van der Waals surface area contributed by atoms with Crippen LogP contribution in [0.15, 0.2) is 0 Å². The van der Waals surface area contributed by atoms with Gasteiger partial charge in [-0.3, -0.25) is 9.59 Å². The predicted octanol–water partition coefficient (Wildman–Crippen LogP) is 2.42. The standard InChI is InChI=1S/C39H70NO13.C2H6N.Y/c1-16-27-38(10,45)32(43)22(4)29(41)20(2)18-36(8,47-14)33(53-35-30(42)26(40(12)13)17-21(3)49-35)23(5)31(24(6)34(44)51-27)52-28-19-37(9,48-15)39(11,46)25(7)50-28;1-2-3;/h20-28,30-33,35,42-43,45-46H,11,16-19H2,1-10,12-15H3;1-3H2;/q2*-1;/t20-,21-,22+,23+,24-,25+,26+,27-,28+,30-,31+,32-,33-,35+,36+,37-,38-,39-;;/m1../s1. The number of aliphatic hydroxyl groups excluding tert-OH is 2. The molecule has 0 saturated carbocycles. The number of carbonyl (C=O) groups is 2. The number of carbonyl (C=O) groups excluding carboxylic acids is 2. The van der Waals surface area contributed by atoms with E-state index in [0.29, 0.717) is 13.0 Å². The van der Waals surface area contributed by atoms with Gasteiger partial charge in [0.05, 0.1) is 47.6 Å². The van der Waals surface area contributed by atoms with Crippen LogP contribution in [0.2, 0.25) is 0 Å². The van der Waals surface area contributed by atoms with Crippen LogP contribution in [0.3, 0.4) is 0 Å². The summed E-state index contributed by atoms with van der Waals surface area (Å²) < 4.78 is 44.0. The maximum atomic E-state index is 14.2. The quantitative estimate of drug-likeness (QED) is 0.175. The Balaban J connectivity index is 0.00000393. The molecule has 3 saturated heterocycles. The van der Waals surface area contributed by atoms with Crippen molar-refractivity contribution in [1.29, 1.82) is 0 Å². The van der Waals surface area contributed by atoms with Gasteiger partial charge in [-0.1, -0.05) is 27.7 Å². The average molecular weight is 894 g/mol. The number of likely N-dealkylation sites (N-methyl/N-ethyl adjacent to an activating group) is 1. The first kappa shape index (κ1) is 54.8. The van der Waals surface area contributed by atoms with Gasteiger partial charge in [-0.25, -0.2) is 0 Å². The van der Waals surface area contributed by atoms with Crippen molar-refractivity contribution in [3.63, 3.8) is 0 Å². The summed E-state index contributed by atoms with van der Waals surface area (Å²) in [7, 11) is 6.72. The molecule has 15 nitrogen and oxygen atoms in total. The first-order valence-corrected chi connectivity index (χ1v) is 20.0. The van der Waals surface area contributed by atoms with Crippen molar-refractivity contribution < 1.29 is 95.9 Å². The normalized spacial score (nSPS) is 46.6. The van der Waals surface area contributed by atoms with E-state index in [4.69, 9.17) is 38.9 Å². The Morgan fingerprint density at radius 1 is 0.930 bits per heavy atom. The minimum atomic E-state index is -1.98. The fraction of sp³-hybridized carbons (Fsp3) is 0.902. The van der Waals surface area contributed by atoms with E-state index in [2.05, 4.69) is 13.8 Å². The van der Waals surface area contributed by atoms with Gasteiger partial charge < -0.3 is 78.1 Å². The number of esters is 1. The first-order chi connectivity index (χ1) is 25.7. The maximum Gasteiger partial charge on any atom is 0.311 e. The number of ketones is 1. The maximum absolute atomic E-state index is 14.2. The van der Waals surface area contributed by atoms with Crippen molar-refractivity contribution in [3.05, 3.63) is 13.8 Å². The Morgan fingerprint density at radius 3 is 1.98 bits per heavy atom. The van der Waals surface area contributed by atoms with Gasteiger partial charge in [-0.2, -0.15) is 0 Å². The Hall–Kier alpha value is -0.236. The SMILES string of the molecule is [CH2-]CN.[CH2-][C@@]1(O)[C@H](C)O[C@@H](O[C@H]2[C@H](C)[C@@H](O[C@@H]3O[C@H](C)C[C@H](N(C)C)[C@H]3O)[C@@](C)(OC)C[C@@H](C)C(=O)[C@H](C)[C@@H](O)[C@](C)(O)[C@@H](CC)OC(=O)[C@@H]2C)C[C@@]1(C)OC.[Y]. The smallest absolute Gasteiger partial charge is 0.311 e. The third-order valence-electron chi connectivity index (χ3n) is 12.7. The monoisotopic (exact) mass is 893 g/mol. The van der Waals surface area contributed by atoms with Gasteiger partial charge in [0.1, 0.15) is 23.6 Å². The summed E-state index contributed by atoms with van der Waals surface area (Å²) in [5.41, 5.74) is -1.34. The summed E-state index contributed by atoms with van der Waals surface area (Å²) >= 11 is 0. The van der Waals surface area contributed by atoms with E-state index >= 15 is 0 Å². The number of methoxy groups -OCH3 is 2. The van der Waals surface area contributed by atoms with Crippen molar-refractivity contribution in [2.24, 2.45) is 29.4 Å². The van der Waals surface area contributed by atoms with Crippen LogP contribution >= 0.6 is 0 Å². The number of ether oxygens (including phenoxy) is 7. The molecule has 3 aliphatic rings. The zero-order valence-corrected chi connectivity index (χ0v) is 39.9. The van der Waals surface area contributed by atoms with Crippen molar-refractivity contribution in [2.45, 2.75) is 179 Å². The van der Waals surface area contributed by atoms with Crippen LogP contribution < -0.4 is 5.73 Å². The molecule has 333 valence electrons. The second-order valence-electron chi connectivity index (χ2n) is 17.3. The second-order valence-corrected chi connectivity index (χ2v) is 17.3. The van der Waals surface area contributed by atoms with E-state index in [1.165, 1.54) is 21.1 Å². The molecule has 3 heterocycles. The second kappa shape index (κ2) is 22.2. The molecule has 0 bridgehead atoms. The number of aliphatic hydroxyl groups is 4. The summed E-state index contributed by atoms with van der Waals surface area (Å²) in [6.07, 6.45) is -8.22. The van der Waals surface area contributed by atoms with E-state index in [-0.39, 0.29) is 69.9 Å².